The van der Waals surface area contributed by atoms with Crippen LogP contribution in [0.1, 0.15) is 27.2 Å². The zero-order valence-electron chi connectivity index (χ0n) is 17.0. The number of ether oxygens (including phenoxy) is 1. The molecular weight excluding hydrogens is 362 g/mol. The third-order valence-corrected chi connectivity index (χ3v) is 5.19. The van der Waals surface area contributed by atoms with E-state index in [1.165, 1.54) is 0 Å². The van der Waals surface area contributed by atoms with Gasteiger partial charge in [-0.05, 0) is 31.4 Å². The minimum absolute atomic E-state index is 0.0165. The lowest BCUT2D eigenvalue weighted by molar-refractivity contribution is -0.209. The fourth-order valence-electron chi connectivity index (χ4n) is 3.68. The predicted molar refractivity (Wildman–Crippen MR) is 106 cm³/mol. The zero-order valence-corrected chi connectivity index (χ0v) is 17.0. The van der Waals surface area contributed by atoms with Gasteiger partial charge in [-0.1, -0.05) is 26.0 Å². The first-order chi connectivity index (χ1) is 13.1. The van der Waals surface area contributed by atoms with Crippen molar-refractivity contribution < 1.29 is 24.5 Å². The fourth-order valence-corrected chi connectivity index (χ4v) is 3.68. The molecule has 2 amide bonds. The topological polar surface area (TPSA) is 116 Å². The molecule has 156 valence electrons. The van der Waals surface area contributed by atoms with Crippen LogP contribution in [0.2, 0.25) is 0 Å². The van der Waals surface area contributed by atoms with Gasteiger partial charge >= 0.3 is 0 Å². The number of hydrogen-bond donors (Lipinski definition) is 3. The Bertz CT molecular complexity index is 707. The van der Waals surface area contributed by atoms with Crippen LogP contribution in [0.5, 0.6) is 5.75 Å². The molecule has 0 spiro atoms. The van der Waals surface area contributed by atoms with Crippen LogP contribution in [0.4, 0.5) is 5.69 Å². The highest BCUT2D eigenvalue weighted by molar-refractivity contribution is 5.90. The summed E-state index contributed by atoms with van der Waals surface area (Å²) in [5.74, 6) is -5.22. The molecular formula is C20H31N3O5. The number of nitrogens with zero attached hydrogens (tertiary/aromatic N) is 2. The number of para-hydroxylation sites is 2. The Balaban J connectivity index is 2.19. The van der Waals surface area contributed by atoms with E-state index < -0.39 is 23.5 Å². The number of piperazine rings is 1. The Kier molecular flexibility index (Phi) is 6.90. The van der Waals surface area contributed by atoms with Crippen molar-refractivity contribution in [3.63, 3.8) is 0 Å². The third kappa shape index (κ3) is 4.56. The maximum absolute atomic E-state index is 13.1. The number of aliphatic hydroxyl groups is 2. The molecule has 0 bridgehead atoms. The second kappa shape index (κ2) is 8.79. The number of benzene rings is 1. The maximum Gasteiger partial charge on any atom is 0.278 e. The monoisotopic (exact) mass is 393 g/mol. The predicted octanol–water partition coefficient (Wildman–Crippen LogP) is 0.561. The van der Waals surface area contributed by atoms with Crippen LogP contribution in [-0.4, -0.2) is 65.5 Å². The lowest BCUT2D eigenvalue weighted by Gasteiger charge is -2.43. The molecule has 8 heteroatoms. The highest BCUT2D eigenvalue weighted by Crippen LogP contribution is 2.31. The van der Waals surface area contributed by atoms with Gasteiger partial charge < -0.3 is 30.5 Å². The number of nitrogens with two attached hydrogens (primary N) is 1. The first kappa shape index (κ1) is 22.0. The van der Waals surface area contributed by atoms with Crippen LogP contribution >= 0.6 is 0 Å². The lowest BCUT2D eigenvalue weighted by Crippen LogP contribution is -2.61. The summed E-state index contributed by atoms with van der Waals surface area (Å²) in [5, 5.41) is 20.4. The Morgan fingerprint density at radius 3 is 2.46 bits per heavy atom. The van der Waals surface area contributed by atoms with Crippen molar-refractivity contribution in [1.29, 1.82) is 0 Å². The molecule has 0 aliphatic carbocycles. The van der Waals surface area contributed by atoms with Gasteiger partial charge in [0.1, 0.15) is 11.7 Å². The summed E-state index contributed by atoms with van der Waals surface area (Å²) in [6.07, 6.45) is 0.147. The van der Waals surface area contributed by atoms with E-state index >= 15 is 0 Å². The summed E-state index contributed by atoms with van der Waals surface area (Å²) in [7, 11) is 1.62. The minimum atomic E-state index is -2.87. The van der Waals surface area contributed by atoms with Crippen molar-refractivity contribution in [2.75, 3.05) is 31.6 Å². The van der Waals surface area contributed by atoms with E-state index in [1.807, 2.05) is 45.0 Å². The number of carbonyl (C=O) groups excluding carboxylic acids is 2. The van der Waals surface area contributed by atoms with Crippen LogP contribution in [-0.2, 0) is 9.59 Å². The SMILES string of the molecule is COc1ccccc1N1CCN(C(=O)C(CC(C)C)C(O)(O)C(N)=O)[C@H](C)C1. The number of carbonyl (C=O) groups is 2. The number of rotatable bonds is 7. The molecule has 0 saturated carbocycles. The van der Waals surface area contributed by atoms with Gasteiger partial charge in [0, 0.05) is 25.7 Å². The molecule has 4 N–H and O–H groups in total. The Morgan fingerprint density at radius 2 is 1.93 bits per heavy atom. The van der Waals surface area contributed by atoms with E-state index in [0.717, 1.165) is 11.4 Å². The van der Waals surface area contributed by atoms with Crippen molar-refractivity contribution in [3.8, 4) is 5.75 Å². The van der Waals surface area contributed by atoms with Gasteiger partial charge in [0.05, 0.1) is 12.8 Å². The van der Waals surface area contributed by atoms with Gasteiger partial charge in [-0.3, -0.25) is 9.59 Å². The molecule has 8 nitrogen and oxygen atoms in total. The Labute approximate surface area is 165 Å². The standard InChI is InChI=1S/C20H31N3O5/c1-13(2)11-15(20(26,27)19(21)25)18(24)23-10-9-22(12-14(23)3)16-7-5-6-8-17(16)28-4/h5-8,13-15,26-27H,9-12H2,1-4H3,(H2,21,25)/t14-,15?/m1/s1. The van der Waals surface area contributed by atoms with E-state index in [0.29, 0.717) is 19.6 Å². The van der Waals surface area contributed by atoms with Crippen molar-refractivity contribution in [2.24, 2.45) is 17.6 Å². The van der Waals surface area contributed by atoms with Crippen LogP contribution in [0, 0.1) is 11.8 Å². The van der Waals surface area contributed by atoms with Crippen LogP contribution in [0.25, 0.3) is 0 Å². The molecule has 1 aromatic rings. The molecule has 1 unspecified atom stereocenters. The zero-order chi connectivity index (χ0) is 21.1. The molecule has 1 aromatic carbocycles. The van der Waals surface area contributed by atoms with E-state index in [2.05, 4.69) is 4.90 Å². The molecule has 1 aliphatic rings. The Morgan fingerprint density at radius 1 is 1.29 bits per heavy atom. The van der Waals surface area contributed by atoms with Gasteiger partial charge in [-0.15, -0.1) is 0 Å². The van der Waals surface area contributed by atoms with Crippen LogP contribution < -0.4 is 15.4 Å². The smallest absolute Gasteiger partial charge is 0.278 e. The van der Waals surface area contributed by atoms with Gasteiger partial charge in [0.25, 0.3) is 11.7 Å². The highest BCUT2D eigenvalue weighted by Gasteiger charge is 2.48. The normalized spacial score (nSPS) is 18.9. The summed E-state index contributed by atoms with van der Waals surface area (Å²) in [4.78, 5) is 28.4. The number of anilines is 1. The summed E-state index contributed by atoms with van der Waals surface area (Å²) >= 11 is 0. The molecule has 2 atom stereocenters. The molecule has 1 heterocycles. The van der Waals surface area contributed by atoms with Crippen LogP contribution in [0.15, 0.2) is 24.3 Å². The fraction of sp³-hybridized carbons (Fsp3) is 0.600. The Hall–Kier alpha value is -2.32. The van der Waals surface area contributed by atoms with Crippen molar-refractivity contribution in [1.82, 2.24) is 4.90 Å². The highest BCUT2D eigenvalue weighted by atomic mass is 16.5. The molecule has 0 aromatic heterocycles. The van der Waals surface area contributed by atoms with E-state index in [4.69, 9.17) is 10.5 Å². The molecule has 1 saturated heterocycles. The average Bonchev–Trinajstić information content (AvgIpc) is 2.65. The van der Waals surface area contributed by atoms with Crippen molar-refractivity contribution in [2.45, 2.75) is 39.0 Å². The van der Waals surface area contributed by atoms with E-state index in [1.54, 1.807) is 12.0 Å². The van der Waals surface area contributed by atoms with Crippen molar-refractivity contribution >= 4 is 17.5 Å². The molecule has 0 radical (unpaired) electrons. The molecule has 2 rings (SSSR count). The van der Waals surface area contributed by atoms with E-state index in [9.17, 15) is 19.8 Å². The largest absolute Gasteiger partial charge is 0.495 e. The molecule has 1 aliphatic heterocycles. The van der Waals surface area contributed by atoms with Gasteiger partial charge in [-0.25, -0.2) is 0 Å². The number of methoxy groups -OCH3 is 1. The number of hydrogen-bond acceptors (Lipinski definition) is 6. The number of amides is 2. The summed E-state index contributed by atoms with van der Waals surface area (Å²) < 4.78 is 5.42. The van der Waals surface area contributed by atoms with Crippen molar-refractivity contribution in [3.05, 3.63) is 24.3 Å². The second-order valence-corrected chi connectivity index (χ2v) is 7.77. The lowest BCUT2D eigenvalue weighted by atomic mass is 9.87. The average molecular weight is 393 g/mol. The second-order valence-electron chi connectivity index (χ2n) is 7.77. The molecule has 28 heavy (non-hydrogen) atoms. The van der Waals surface area contributed by atoms with Crippen LogP contribution in [0.3, 0.4) is 0 Å². The number of primary amides is 1. The maximum atomic E-state index is 13.1. The summed E-state index contributed by atoms with van der Waals surface area (Å²) in [6.45, 7) is 7.10. The first-order valence-corrected chi connectivity index (χ1v) is 9.52. The first-order valence-electron chi connectivity index (χ1n) is 9.52. The van der Waals surface area contributed by atoms with Gasteiger partial charge in [0.2, 0.25) is 5.91 Å². The molecule has 1 fully saturated rings. The van der Waals surface area contributed by atoms with E-state index in [-0.39, 0.29) is 18.4 Å². The quantitative estimate of drug-likeness (QED) is 0.583. The summed E-state index contributed by atoms with van der Waals surface area (Å²) in [5.41, 5.74) is 6.09. The third-order valence-electron chi connectivity index (χ3n) is 5.19. The van der Waals surface area contributed by atoms with Gasteiger partial charge in [-0.2, -0.15) is 0 Å². The summed E-state index contributed by atoms with van der Waals surface area (Å²) in [6, 6.07) is 7.48. The van der Waals surface area contributed by atoms with Gasteiger partial charge in [0.15, 0.2) is 0 Å². The minimum Gasteiger partial charge on any atom is -0.495 e.